The minimum Gasteiger partial charge on any atom is -0.462 e. The molecule has 0 amide bonds. The summed E-state index contributed by atoms with van der Waals surface area (Å²) < 4.78 is 12.1. The Balaban J connectivity index is 0. The first-order chi connectivity index (χ1) is 7.75. The first-order valence-electron chi connectivity index (χ1n) is 5.85. The Morgan fingerprint density at radius 2 is 1.75 bits per heavy atom. The van der Waals surface area contributed by atoms with Gasteiger partial charge in [-0.1, -0.05) is 27.7 Å². The maximum atomic E-state index is 5.32. The molecule has 16 heavy (non-hydrogen) atoms. The van der Waals surface area contributed by atoms with Crippen molar-refractivity contribution in [1.29, 1.82) is 0 Å². The topological polar surface area (TPSA) is 36.3 Å². The summed E-state index contributed by atoms with van der Waals surface area (Å²) in [5.41, 5.74) is 1.09. The van der Waals surface area contributed by atoms with Gasteiger partial charge in [0, 0.05) is 19.9 Å². The van der Waals surface area contributed by atoms with E-state index in [0.29, 0.717) is 19.2 Å². The molecule has 0 spiro atoms. The first-order valence-corrected chi connectivity index (χ1v) is 5.85. The standard InChI is InChI=1S/C8H14N2O2.2C2H6/c1-7-6-9-8(10(7)2)12-5-4-11-3;2*1-2/h6H,4-5H2,1-3H3;2*1-2H3. The molecule has 4 nitrogen and oxygen atoms in total. The van der Waals surface area contributed by atoms with Crippen LogP contribution in [0.3, 0.4) is 0 Å². The molecule has 1 heterocycles. The Kier molecular flexibility index (Phi) is 13.1. The van der Waals surface area contributed by atoms with Crippen LogP contribution < -0.4 is 4.74 Å². The molecule has 0 radical (unpaired) electrons. The lowest BCUT2D eigenvalue weighted by Crippen LogP contribution is -2.07. The number of ether oxygens (including phenoxy) is 2. The number of hydrogen-bond acceptors (Lipinski definition) is 3. The second kappa shape index (κ2) is 12.0. The molecule has 0 saturated heterocycles. The van der Waals surface area contributed by atoms with Gasteiger partial charge in [-0.2, -0.15) is 0 Å². The zero-order valence-electron chi connectivity index (χ0n) is 11.7. The van der Waals surface area contributed by atoms with Crippen molar-refractivity contribution in [1.82, 2.24) is 9.55 Å². The van der Waals surface area contributed by atoms with Gasteiger partial charge in [0.2, 0.25) is 0 Å². The summed E-state index contributed by atoms with van der Waals surface area (Å²) in [6.07, 6.45) is 1.78. The molecule has 0 unspecified atom stereocenters. The van der Waals surface area contributed by atoms with Crippen LogP contribution in [0.1, 0.15) is 33.4 Å². The largest absolute Gasteiger partial charge is 0.462 e. The number of aryl methyl sites for hydroxylation is 1. The maximum absolute atomic E-state index is 5.32. The van der Waals surface area contributed by atoms with Crippen LogP contribution in [-0.2, 0) is 11.8 Å². The molecule has 0 N–H and O–H groups in total. The number of rotatable bonds is 4. The summed E-state index contributed by atoms with van der Waals surface area (Å²) in [7, 11) is 3.57. The highest BCUT2D eigenvalue weighted by atomic mass is 16.5. The summed E-state index contributed by atoms with van der Waals surface area (Å²) in [5, 5.41) is 0. The molecule has 0 aliphatic rings. The average Bonchev–Trinajstić information content (AvgIpc) is 2.66. The normalized spacial score (nSPS) is 8.44. The van der Waals surface area contributed by atoms with Gasteiger partial charge in [-0.25, -0.2) is 4.98 Å². The van der Waals surface area contributed by atoms with E-state index in [1.165, 1.54) is 0 Å². The highest BCUT2D eigenvalue weighted by Gasteiger charge is 2.02. The van der Waals surface area contributed by atoms with Crippen LogP contribution in [0.25, 0.3) is 0 Å². The molecule has 1 aromatic rings. The van der Waals surface area contributed by atoms with Gasteiger partial charge in [-0.3, -0.25) is 0 Å². The Hall–Kier alpha value is -1.03. The lowest BCUT2D eigenvalue weighted by Gasteiger charge is -2.04. The van der Waals surface area contributed by atoms with Crippen LogP contribution in [0, 0.1) is 6.92 Å². The molecule has 4 heteroatoms. The van der Waals surface area contributed by atoms with Crippen LogP contribution in [0.2, 0.25) is 0 Å². The highest BCUT2D eigenvalue weighted by Crippen LogP contribution is 2.08. The van der Waals surface area contributed by atoms with Crippen molar-refractivity contribution in [3.63, 3.8) is 0 Å². The van der Waals surface area contributed by atoms with E-state index in [2.05, 4.69) is 4.98 Å². The van der Waals surface area contributed by atoms with Gasteiger partial charge in [0.1, 0.15) is 6.61 Å². The molecular formula is C12H26N2O2. The van der Waals surface area contributed by atoms with Crippen LogP contribution in [0.4, 0.5) is 0 Å². The van der Waals surface area contributed by atoms with E-state index in [4.69, 9.17) is 9.47 Å². The minimum atomic E-state index is 0.542. The molecule has 1 rings (SSSR count). The third kappa shape index (κ3) is 6.45. The zero-order valence-corrected chi connectivity index (χ0v) is 11.7. The van der Waals surface area contributed by atoms with Gasteiger partial charge >= 0.3 is 0 Å². The van der Waals surface area contributed by atoms with E-state index in [9.17, 15) is 0 Å². The Morgan fingerprint density at radius 3 is 2.12 bits per heavy atom. The molecule has 0 fully saturated rings. The number of aromatic nitrogens is 2. The third-order valence-electron chi connectivity index (χ3n) is 1.70. The van der Waals surface area contributed by atoms with Crippen LogP contribution in [-0.4, -0.2) is 29.9 Å². The average molecular weight is 230 g/mol. The third-order valence-corrected chi connectivity index (χ3v) is 1.70. The van der Waals surface area contributed by atoms with Gasteiger partial charge in [0.15, 0.2) is 0 Å². The lowest BCUT2D eigenvalue weighted by molar-refractivity contribution is 0.139. The van der Waals surface area contributed by atoms with E-state index in [0.717, 1.165) is 5.69 Å². The molecule has 0 aromatic carbocycles. The monoisotopic (exact) mass is 230 g/mol. The minimum absolute atomic E-state index is 0.542. The smallest absolute Gasteiger partial charge is 0.296 e. The van der Waals surface area contributed by atoms with E-state index in [-0.39, 0.29) is 0 Å². The molecule has 96 valence electrons. The van der Waals surface area contributed by atoms with E-state index in [1.54, 1.807) is 13.3 Å². The Morgan fingerprint density at radius 1 is 1.19 bits per heavy atom. The summed E-state index contributed by atoms with van der Waals surface area (Å²) in [6, 6.07) is 0.643. The fourth-order valence-electron chi connectivity index (χ4n) is 0.823. The highest BCUT2D eigenvalue weighted by molar-refractivity contribution is 5.06. The van der Waals surface area contributed by atoms with Gasteiger partial charge in [0.25, 0.3) is 6.01 Å². The number of nitrogens with zero attached hydrogens (tertiary/aromatic N) is 2. The fourth-order valence-corrected chi connectivity index (χ4v) is 0.823. The van der Waals surface area contributed by atoms with Crippen molar-refractivity contribution >= 4 is 0 Å². The summed E-state index contributed by atoms with van der Waals surface area (Å²) in [5.74, 6) is 0. The van der Waals surface area contributed by atoms with E-state index < -0.39 is 0 Å². The molecule has 1 aromatic heterocycles. The van der Waals surface area contributed by atoms with Gasteiger partial charge < -0.3 is 14.0 Å². The van der Waals surface area contributed by atoms with Crippen LogP contribution in [0.5, 0.6) is 6.01 Å². The summed E-state index contributed by atoms with van der Waals surface area (Å²) in [4.78, 5) is 4.07. The maximum Gasteiger partial charge on any atom is 0.296 e. The molecule has 0 bridgehead atoms. The Labute approximate surface area is 99.6 Å². The second-order valence-corrected chi connectivity index (χ2v) is 2.58. The van der Waals surface area contributed by atoms with E-state index in [1.807, 2.05) is 46.2 Å². The van der Waals surface area contributed by atoms with Crippen LogP contribution in [0.15, 0.2) is 6.20 Å². The zero-order chi connectivity index (χ0) is 13.0. The molecule has 0 aliphatic carbocycles. The van der Waals surface area contributed by atoms with E-state index >= 15 is 0 Å². The molecule has 0 saturated carbocycles. The second-order valence-electron chi connectivity index (χ2n) is 2.58. The van der Waals surface area contributed by atoms with Crippen molar-refractivity contribution in [2.45, 2.75) is 34.6 Å². The van der Waals surface area contributed by atoms with Gasteiger partial charge in [0.05, 0.1) is 12.8 Å². The van der Waals surface area contributed by atoms with Crippen molar-refractivity contribution in [3.8, 4) is 6.01 Å². The molecule has 0 atom stereocenters. The fraction of sp³-hybridized carbons (Fsp3) is 0.750. The molecular weight excluding hydrogens is 204 g/mol. The quantitative estimate of drug-likeness (QED) is 0.746. The molecule has 0 aliphatic heterocycles. The van der Waals surface area contributed by atoms with Crippen molar-refractivity contribution in [2.24, 2.45) is 7.05 Å². The van der Waals surface area contributed by atoms with Gasteiger partial charge in [-0.15, -0.1) is 0 Å². The summed E-state index contributed by atoms with van der Waals surface area (Å²) in [6.45, 7) is 11.1. The number of methoxy groups -OCH3 is 1. The Bertz CT molecular complexity index is 247. The summed E-state index contributed by atoms with van der Waals surface area (Å²) >= 11 is 0. The number of hydrogen-bond donors (Lipinski definition) is 0. The predicted octanol–water partition coefficient (Wildman–Crippen LogP) is 2.81. The predicted molar refractivity (Wildman–Crippen MR) is 68.0 cm³/mol. The van der Waals surface area contributed by atoms with Crippen molar-refractivity contribution in [3.05, 3.63) is 11.9 Å². The van der Waals surface area contributed by atoms with Crippen molar-refractivity contribution in [2.75, 3.05) is 20.3 Å². The number of imidazole rings is 1. The lowest BCUT2D eigenvalue weighted by atomic mass is 10.5. The SMILES string of the molecule is CC.CC.COCCOc1ncc(C)n1C. The van der Waals surface area contributed by atoms with Crippen LogP contribution >= 0.6 is 0 Å². The van der Waals surface area contributed by atoms with Crippen molar-refractivity contribution < 1.29 is 9.47 Å². The van der Waals surface area contributed by atoms with Gasteiger partial charge in [-0.05, 0) is 6.92 Å². The first kappa shape index (κ1) is 17.4.